The lowest BCUT2D eigenvalue weighted by Crippen LogP contribution is -2.54. The van der Waals surface area contributed by atoms with E-state index in [1.165, 1.54) is 36.3 Å². The molecule has 0 aliphatic rings. The molecular formula is C36H40FN3O5S. The Kier molecular flexibility index (Phi) is 11.5. The Labute approximate surface area is 270 Å². The van der Waals surface area contributed by atoms with Crippen LogP contribution in [0.5, 0.6) is 5.75 Å². The molecule has 46 heavy (non-hydrogen) atoms. The number of aryl methyl sites for hydroxylation is 1. The van der Waals surface area contributed by atoms with Crippen LogP contribution in [0.4, 0.5) is 10.1 Å². The molecule has 0 unspecified atom stereocenters. The molecule has 0 fully saturated rings. The van der Waals surface area contributed by atoms with Gasteiger partial charge in [0.05, 0.1) is 17.7 Å². The quantitative estimate of drug-likeness (QED) is 0.185. The highest BCUT2D eigenvalue weighted by Crippen LogP contribution is 2.28. The van der Waals surface area contributed by atoms with Crippen LogP contribution in [0.1, 0.15) is 37.0 Å². The second-order valence-corrected chi connectivity index (χ2v) is 13.0. The van der Waals surface area contributed by atoms with Gasteiger partial charge in [-0.3, -0.25) is 13.9 Å². The highest BCUT2D eigenvalue weighted by molar-refractivity contribution is 7.92. The maximum absolute atomic E-state index is 15.1. The fraction of sp³-hybridized carbons (Fsp3) is 0.278. The molecule has 0 saturated carbocycles. The summed E-state index contributed by atoms with van der Waals surface area (Å²) in [6, 6.07) is 26.7. The average Bonchev–Trinajstić information content (AvgIpc) is 3.06. The van der Waals surface area contributed by atoms with Crippen LogP contribution in [0.3, 0.4) is 0 Å². The molecule has 0 saturated heterocycles. The Balaban J connectivity index is 1.83. The predicted octanol–water partition coefficient (Wildman–Crippen LogP) is 5.89. The van der Waals surface area contributed by atoms with Crippen molar-refractivity contribution in [3.05, 3.63) is 126 Å². The third-order valence-corrected chi connectivity index (χ3v) is 9.59. The number of hydrogen-bond acceptors (Lipinski definition) is 5. The molecule has 0 aromatic heterocycles. The number of carbonyl (C=O) groups excluding carboxylic acids is 2. The Morgan fingerprint density at radius 2 is 1.59 bits per heavy atom. The van der Waals surface area contributed by atoms with Crippen molar-refractivity contribution in [3.8, 4) is 5.75 Å². The molecule has 2 atom stereocenters. The number of carbonyl (C=O) groups is 2. The summed E-state index contributed by atoms with van der Waals surface area (Å²) in [6.45, 7) is 4.73. The monoisotopic (exact) mass is 645 g/mol. The van der Waals surface area contributed by atoms with E-state index in [2.05, 4.69) is 5.32 Å². The van der Waals surface area contributed by atoms with E-state index >= 15 is 4.39 Å². The molecule has 2 amide bonds. The summed E-state index contributed by atoms with van der Waals surface area (Å²) in [4.78, 5) is 29.7. The van der Waals surface area contributed by atoms with Gasteiger partial charge in [-0.05, 0) is 56.2 Å². The smallest absolute Gasteiger partial charge is 0.264 e. The van der Waals surface area contributed by atoms with Crippen LogP contribution in [-0.4, -0.2) is 50.9 Å². The Hall–Kier alpha value is -4.70. The van der Waals surface area contributed by atoms with Crippen LogP contribution >= 0.6 is 0 Å². The Bertz CT molecular complexity index is 1730. The summed E-state index contributed by atoms with van der Waals surface area (Å²) < 4.78 is 49.8. The molecule has 0 radical (unpaired) electrons. The normalized spacial score (nSPS) is 12.5. The third-order valence-electron chi connectivity index (χ3n) is 7.80. The van der Waals surface area contributed by atoms with Crippen LogP contribution in [0.15, 0.2) is 108 Å². The molecule has 4 aromatic carbocycles. The highest BCUT2D eigenvalue weighted by atomic mass is 32.2. The Morgan fingerprint density at radius 1 is 0.913 bits per heavy atom. The van der Waals surface area contributed by atoms with Gasteiger partial charge in [0.2, 0.25) is 11.8 Å². The molecule has 4 rings (SSSR count). The van der Waals surface area contributed by atoms with Crippen LogP contribution in [0, 0.1) is 12.7 Å². The van der Waals surface area contributed by atoms with Crippen LogP contribution in [0.2, 0.25) is 0 Å². The molecular weight excluding hydrogens is 605 g/mol. The predicted molar refractivity (Wildman–Crippen MR) is 177 cm³/mol. The zero-order chi connectivity index (χ0) is 33.3. The molecule has 1 N–H and O–H groups in total. The first-order valence-electron chi connectivity index (χ1n) is 15.1. The number of amides is 2. The van der Waals surface area contributed by atoms with Crippen molar-refractivity contribution in [3.63, 3.8) is 0 Å². The SMILES string of the molecule is CC[C@H](C)NC(=O)[C@@H](Cc1ccccc1)N(Cc1ccccc1F)C(=O)CN(c1cccc(OC)c1)S(=O)(=O)c1ccc(C)cc1. The zero-order valence-corrected chi connectivity index (χ0v) is 27.3. The molecule has 0 aliphatic heterocycles. The number of nitrogens with one attached hydrogen (secondary N) is 1. The van der Waals surface area contributed by atoms with Crippen molar-refractivity contribution in [2.75, 3.05) is 18.0 Å². The summed E-state index contributed by atoms with van der Waals surface area (Å²) >= 11 is 0. The summed E-state index contributed by atoms with van der Waals surface area (Å²) in [5, 5.41) is 2.97. The first-order valence-corrected chi connectivity index (χ1v) is 16.6. The molecule has 10 heteroatoms. The van der Waals surface area contributed by atoms with E-state index in [-0.39, 0.29) is 35.2 Å². The van der Waals surface area contributed by atoms with Crippen molar-refractivity contribution in [1.29, 1.82) is 0 Å². The number of nitrogens with zero attached hydrogens (tertiary/aromatic N) is 2. The lowest BCUT2D eigenvalue weighted by Gasteiger charge is -2.34. The van der Waals surface area contributed by atoms with E-state index in [1.54, 1.807) is 48.5 Å². The topological polar surface area (TPSA) is 96.0 Å². The van der Waals surface area contributed by atoms with Gasteiger partial charge in [-0.2, -0.15) is 0 Å². The molecule has 0 aliphatic carbocycles. The molecule has 0 bridgehead atoms. The molecule has 242 valence electrons. The van der Waals surface area contributed by atoms with Gasteiger partial charge >= 0.3 is 0 Å². The van der Waals surface area contributed by atoms with Crippen molar-refractivity contribution in [2.24, 2.45) is 0 Å². The first-order chi connectivity index (χ1) is 22.0. The lowest BCUT2D eigenvalue weighted by molar-refractivity contribution is -0.140. The van der Waals surface area contributed by atoms with Crippen molar-refractivity contribution < 1.29 is 27.1 Å². The minimum absolute atomic E-state index is 0.00952. The fourth-order valence-corrected chi connectivity index (χ4v) is 6.34. The minimum atomic E-state index is -4.28. The third kappa shape index (κ3) is 8.51. The second-order valence-electron chi connectivity index (χ2n) is 11.2. The van der Waals surface area contributed by atoms with Gasteiger partial charge in [0, 0.05) is 30.6 Å². The van der Waals surface area contributed by atoms with Gasteiger partial charge in [0.25, 0.3) is 10.0 Å². The average molecular weight is 646 g/mol. The first kappa shape index (κ1) is 34.2. The molecule has 4 aromatic rings. The number of methoxy groups -OCH3 is 1. The summed E-state index contributed by atoms with van der Waals surface area (Å²) in [5.41, 5.74) is 2.05. The maximum atomic E-state index is 15.1. The van der Waals surface area contributed by atoms with E-state index in [4.69, 9.17) is 4.74 Å². The largest absolute Gasteiger partial charge is 0.497 e. The number of ether oxygens (including phenoxy) is 1. The number of halogens is 1. The number of rotatable bonds is 14. The van der Waals surface area contributed by atoms with E-state index in [1.807, 2.05) is 51.1 Å². The number of hydrogen-bond donors (Lipinski definition) is 1. The Morgan fingerprint density at radius 3 is 2.24 bits per heavy atom. The lowest BCUT2D eigenvalue weighted by atomic mass is 10.0. The van der Waals surface area contributed by atoms with E-state index in [0.29, 0.717) is 12.2 Å². The summed E-state index contributed by atoms with van der Waals surface area (Å²) in [6.07, 6.45) is 0.788. The second kappa shape index (κ2) is 15.5. The van der Waals surface area contributed by atoms with E-state index in [9.17, 15) is 18.0 Å². The van der Waals surface area contributed by atoms with Gasteiger partial charge in [-0.25, -0.2) is 12.8 Å². The highest BCUT2D eigenvalue weighted by Gasteiger charge is 2.35. The van der Waals surface area contributed by atoms with Gasteiger partial charge < -0.3 is 15.0 Å². The minimum Gasteiger partial charge on any atom is -0.497 e. The zero-order valence-electron chi connectivity index (χ0n) is 26.5. The summed E-state index contributed by atoms with van der Waals surface area (Å²) in [7, 11) is -2.82. The van der Waals surface area contributed by atoms with Gasteiger partial charge in [0.1, 0.15) is 24.2 Å². The van der Waals surface area contributed by atoms with Crippen molar-refractivity contribution >= 4 is 27.5 Å². The van der Waals surface area contributed by atoms with Gasteiger partial charge in [-0.1, -0.05) is 79.2 Å². The van der Waals surface area contributed by atoms with Crippen molar-refractivity contribution in [1.82, 2.24) is 10.2 Å². The van der Waals surface area contributed by atoms with E-state index in [0.717, 1.165) is 15.4 Å². The fourth-order valence-electron chi connectivity index (χ4n) is 4.94. The van der Waals surface area contributed by atoms with Gasteiger partial charge in [0.15, 0.2) is 0 Å². The maximum Gasteiger partial charge on any atom is 0.264 e. The van der Waals surface area contributed by atoms with Crippen LogP contribution in [-0.2, 0) is 32.6 Å². The molecule has 0 heterocycles. The molecule has 8 nitrogen and oxygen atoms in total. The number of anilines is 1. The van der Waals surface area contributed by atoms with Crippen LogP contribution in [0.25, 0.3) is 0 Å². The van der Waals surface area contributed by atoms with Crippen LogP contribution < -0.4 is 14.4 Å². The van der Waals surface area contributed by atoms with Gasteiger partial charge in [-0.15, -0.1) is 0 Å². The van der Waals surface area contributed by atoms with Crippen molar-refractivity contribution in [2.45, 2.75) is 57.1 Å². The van der Waals surface area contributed by atoms with E-state index < -0.39 is 40.2 Å². The number of sulfonamides is 1. The number of benzene rings is 4. The summed E-state index contributed by atoms with van der Waals surface area (Å²) in [5.74, 6) is -1.25. The standard InChI is InChI=1S/C36H40FN3O5S/c1-5-27(3)38-36(42)34(22-28-12-7-6-8-13-28)39(24-29-14-9-10-17-33(29)37)35(41)25-40(30-15-11-16-31(23-30)45-4)46(43,44)32-20-18-26(2)19-21-32/h6-21,23,27,34H,5,22,24-25H2,1-4H3,(H,38,42)/t27-,34+/m0/s1. The molecule has 0 spiro atoms.